The standard InChI is InChI=1S/C15H23FN2O3S/c1-11(2)17-14-8-5-7-13(16)15(14)18-22(19,20)10-12-6-3-4-9-21-12/h5,7-8,11-12,17-18H,3-4,6,9-10H2,1-2H3/t12-/m0/s1. The third kappa shape index (κ3) is 4.84. The molecule has 0 amide bonds. The molecule has 124 valence electrons. The van der Waals surface area contributed by atoms with E-state index in [2.05, 4.69) is 10.0 Å². The van der Waals surface area contributed by atoms with Gasteiger partial charge in [-0.05, 0) is 45.2 Å². The van der Waals surface area contributed by atoms with Crippen LogP contribution in [0.25, 0.3) is 0 Å². The second-order valence-electron chi connectivity index (χ2n) is 5.83. The van der Waals surface area contributed by atoms with Crippen LogP contribution in [0, 0.1) is 5.82 Å². The molecule has 2 N–H and O–H groups in total. The molecule has 0 unspecified atom stereocenters. The Kier molecular flexibility index (Phi) is 5.63. The minimum Gasteiger partial charge on any atom is -0.381 e. The quantitative estimate of drug-likeness (QED) is 0.841. The average Bonchev–Trinajstić information content (AvgIpc) is 2.43. The number of hydrogen-bond acceptors (Lipinski definition) is 4. The Morgan fingerprint density at radius 3 is 2.77 bits per heavy atom. The van der Waals surface area contributed by atoms with Crippen LogP contribution in [0.3, 0.4) is 0 Å². The van der Waals surface area contributed by atoms with E-state index in [0.29, 0.717) is 12.3 Å². The zero-order valence-electron chi connectivity index (χ0n) is 12.9. The summed E-state index contributed by atoms with van der Waals surface area (Å²) in [5.41, 5.74) is 0.398. The van der Waals surface area contributed by atoms with Crippen LogP contribution in [-0.2, 0) is 14.8 Å². The Labute approximate surface area is 131 Å². The van der Waals surface area contributed by atoms with E-state index >= 15 is 0 Å². The third-order valence-corrected chi connectivity index (χ3v) is 4.72. The van der Waals surface area contributed by atoms with Crippen molar-refractivity contribution in [3.8, 4) is 0 Å². The molecule has 1 atom stereocenters. The van der Waals surface area contributed by atoms with Gasteiger partial charge < -0.3 is 10.1 Å². The van der Waals surface area contributed by atoms with Gasteiger partial charge in [0.15, 0.2) is 0 Å². The second kappa shape index (κ2) is 7.28. The molecule has 1 heterocycles. The molecule has 1 fully saturated rings. The lowest BCUT2D eigenvalue weighted by Gasteiger charge is -2.23. The van der Waals surface area contributed by atoms with Gasteiger partial charge in [-0.1, -0.05) is 6.07 Å². The van der Waals surface area contributed by atoms with Crippen molar-refractivity contribution in [2.75, 3.05) is 22.4 Å². The van der Waals surface area contributed by atoms with E-state index in [9.17, 15) is 12.8 Å². The van der Waals surface area contributed by atoms with Gasteiger partial charge in [0.2, 0.25) is 10.0 Å². The number of para-hydroxylation sites is 1. The summed E-state index contributed by atoms with van der Waals surface area (Å²) in [5.74, 6) is -0.749. The molecule has 7 heteroatoms. The van der Waals surface area contributed by atoms with Crippen LogP contribution >= 0.6 is 0 Å². The van der Waals surface area contributed by atoms with Crippen molar-refractivity contribution in [1.29, 1.82) is 0 Å². The summed E-state index contributed by atoms with van der Waals surface area (Å²) < 4.78 is 46.4. The van der Waals surface area contributed by atoms with Gasteiger partial charge in [0.1, 0.15) is 11.5 Å². The van der Waals surface area contributed by atoms with Crippen molar-refractivity contribution in [3.05, 3.63) is 24.0 Å². The fourth-order valence-electron chi connectivity index (χ4n) is 2.44. The van der Waals surface area contributed by atoms with Gasteiger partial charge in [-0.2, -0.15) is 0 Å². The first-order chi connectivity index (χ1) is 10.4. The van der Waals surface area contributed by atoms with Crippen molar-refractivity contribution in [2.45, 2.75) is 45.3 Å². The zero-order valence-corrected chi connectivity index (χ0v) is 13.7. The molecule has 0 bridgehead atoms. The highest BCUT2D eigenvalue weighted by atomic mass is 32.2. The van der Waals surface area contributed by atoms with Gasteiger partial charge in [-0.25, -0.2) is 12.8 Å². The highest BCUT2D eigenvalue weighted by Crippen LogP contribution is 2.27. The second-order valence-corrected chi connectivity index (χ2v) is 7.60. The molecule has 22 heavy (non-hydrogen) atoms. The minimum absolute atomic E-state index is 0.0352. The molecule has 5 nitrogen and oxygen atoms in total. The molecular formula is C15H23FN2O3S. The summed E-state index contributed by atoms with van der Waals surface area (Å²) in [4.78, 5) is 0. The summed E-state index contributed by atoms with van der Waals surface area (Å²) in [6, 6.07) is 4.49. The monoisotopic (exact) mass is 330 g/mol. The lowest BCUT2D eigenvalue weighted by atomic mass is 10.1. The highest BCUT2D eigenvalue weighted by Gasteiger charge is 2.24. The molecule has 0 aliphatic carbocycles. The summed E-state index contributed by atoms with van der Waals surface area (Å²) >= 11 is 0. The van der Waals surface area contributed by atoms with Gasteiger partial charge in [-0.3, -0.25) is 4.72 Å². The Bertz CT molecular complexity index is 599. The molecule has 0 radical (unpaired) electrons. The van der Waals surface area contributed by atoms with Gasteiger partial charge in [0.25, 0.3) is 0 Å². The van der Waals surface area contributed by atoms with E-state index in [4.69, 9.17) is 4.74 Å². The van der Waals surface area contributed by atoms with E-state index < -0.39 is 15.8 Å². The van der Waals surface area contributed by atoms with Crippen LogP contribution in [0.4, 0.5) is 15.8 Å². The average molecular weight is 330 g/mol. The third-order valence-electron chi connectivity index (χ3n) is 3.39. The van der Waals surface area contributed by atoms with Crippen LogP contribution in [0.2, 0.25) is 0 Å². The maximum Gasteiger partial charge on any atom is 0.235 e. The first kappa shape index (κ1) is 17.0. The Morgan fingerprint density at radius 1 is 1.36 bits per heavy atom. The first-order valence-electron chi connectivity index (χ1n) is 7.54. The molecule has 2 rings (SSSR count). The number of benzene rings is 1. The summed E-state index contributed by atoms with van der Waals surface area (Å²) in [5, 5.41) is 3.04. The first-order valence-corrected chi connectivity index (χ1v) is 9.20. The van der Waals surface area contributed by atoms with Gasteiger partial charge in [0, 0.05) is 12.6 Å². The minimum atomic E-state index is -3.67. The number of hydrogen-bond donors (Lipinski definition) is 2. The summed E-state index contributed by atoms with van der Waals surface area (Å²) in [7, 11) is -3.67. The molecule has 0 saturated carbocycles. The SMILES string of the molecule is CC(C)Nc1cccc(F)c1NS(=O)(=O)C[C@@H]1CCCCO1. The van der Waals surface area contributed by atoms with Crippen LogP contribution in [0.15, 0.2) is 18.2 Å². The van der Waals surface area contributed by atoms with E-state index in [0.717, 1.165) is 19.3 Å². The lowest BCUT2D eigenvalue weighted by Crippen LogP contribution is -2.31. The zero-order chi connectivity index (χ0) is 16.2. The van der Waals surface area contributed by atoms with Crippen molar-refractivity contribution >= 4 is 21.4 Å². The molecule has 0 aromatic heterocycles. The van der Waals surface area contributed by atoms with E-state index in [-0.39, 0.29) is 23.6 Å². The molecule has 1 aliphatic rings. The fraction of sp³-hybridized carbons (Fsp3) is 0.600. The van der Waals surface area contributed by atoms with Crippen molar-refractivity contribution in [3.63, 3.8) is 0 Å². The van der Waals surface area contributed by atoms with E-state index in [1.54, 1.807) is 12.1 Å². The van der Waals surface area contributed by atoms with Crippen LogP contribution < -0.4 is 10.0 Å². The maximum absolute atomic E-state index is 14.0. The van der Waals surface area contributed by atoms with Gasteiger partial charge >= 0.3 is 0 Å². The fourth-order valence-corrected chi connectivity index (χ4v) is 3.79. The highest BCUT2D eigenvalue weighted by molar-refractivity contribution is 7.92. The predicted molar refractivity (Wildman–Crippen MR) is 86.2 cm³/mol. The smallest absolute Gasteiger partial charge is 0.235 e. The number of sulfonamides is 1. The maximum atomic E-state index is 14.0. The van der Waals surface area contributed by atoms with Crippen LogP contribution in [0.5, 0.6) is 0 Å². The van der Waals surface area contributed by atoms with Gasteiger partial charge in [0.05, 0.1) is 17.5 Å². The molecule has 1 saturated heterocycles. The summed E-state index contributed by atoms with van der Waals surface area (Å²) in [6.45, 7) is 4.39. The Morgan fingerprint density at radius 2 is 2.14 bits per heavy atom. The largest absolute Gasteiger partial charge is 0.381 e. The molecule has 1 aliphatic heterocycles. The molecule has 1 aromatic carbocycles. The molecule has 0 spiro atoms. The molecule has 1 aromatic rings. The van der Waals surface area contributed by atoms with Crippen LogP contribution in [0.1, 0.15) is 33.1 Å². The number of nitrogens with one attached hydrogen (secondary N) is 2. The van der Waals surface area contributed by atoms with E-state index in [1.165, 1.54) is 6.07 Å². The number of rotatable bonds is 6. The lowest BCUT2D eigenvalue weighted by molar-refractivity contribution is 0.0306. The topological polar surface area (TPSA) is 67.4 Å². The number of halogens is 1. The summed E-state index contributed by atoms with van der Waals surface area (Å²) in [6.07, 6.45) is 2.31. The molecular weight excluding hydrogens is 307 g/mol. The van der Waals surface area contributed by atoms with Crippen LogP contribution in [-0.4, -0.2) is 32.9 Å². The van der Waals surface area contributed by atoms with Gasteiger partial charge in [-0.15, -0.1) is 0 Å². The van der Waals surface area contributed by atoms with E-state index in [1.807, 2.05) is 13.8 Å². The van der Waals surface area contributed by atoms with Crippen molar-refractivity contribution in [1.82, 2.24) is 0 Å². The Hall–Kier alpha value is -1.34. The predicted octanol–water partition coefficient (Wildman–Crippen LogP) is 2.96. The normalized spacial score (nSPS) is 19.2. The Balaban J connectivity index is 2.14. The number of ether oxygens (including phenoxy) is 1. The van der Waals surface area contributed by atoms with Crippen molar-refractivity contribution < 1.29 is 17.5 Å². The number of anilines is 2. The van der Waals surface area contributed by atoms with Crippen molar-refractivity contribution in [2.24, 2.45) is 0 Å².